The molecule has 3 aromatic rings. The lowest BCUT2D eigenvalue weighted by molar-refractivity contribution is -0.384. The molecule has 0 saturated heterocycles. The molecule has 0 saturated carbocycles. The van der Waals surface area contributed by atoms with Crippen LogP contribution in [0.15, 0.2) is 55.1 Å². The first kappa shape index (κ1) is 11.2. The summed E-state index contributed by atoms with van der Waals surface area (Å²) in [6.45, 7) is 0. The lowest BCUT2D eigenvalue weighted by atomic mass is 10.1. The van der Waals surface area contributed by atoms with E-state index < -0.39 is 0 Å². The van der Waals surface area contributed by atoms with Crippen LogP contribution in [0.5, 0.6) is 0 Å². The van der Waals surface area contributed by atoms with Gasteiger partial charge in [0.25, 0.3) is 5.69 Å². The Morgan fingerprint density at radius 2 is 2.00 bits per heavy atom. The van der Waals surface area contributed by atoms with Crippen molar-refractivity contribution in [3.8, 4) is 16.8 Å². The number of rotatable bonds is 3. The molecule has 0 atom stereocenters. The highest BCUT2D eigenvalue weighted by Gasteiger charge is 2.16. The Balaban J connectivity index is 2.15. The van der Waals surface area contributed by atoms with Gasteiger partial charge >= 0.3 is 0 Å². The van der Waals surface area contributed by atoms with Gasteiger partial charge in [-0.25, -0.2) is 0 Å². The van der Waals surface area contributed by atoms with E-state index in [1.54, 1.807) is 41.5 Å². The first-order chi connectivity index (χ1) is 9.25. The molecule has 2 heterocycles. The largest absolute Gasteiger partial charge is 0.318 e. The minimum absolute atomic E-state index is 0.0647. The molecule has 6 heteroatoms. The van der Waals surface area contributed by atoms with E-state index in [0.717, 1.165) is 11.1 Å². The fourth-order valence-corrected chi connectivity index (χ4v) is 1.97. The number of aromatic amines is 1. The van der Waals surface area contributed by atoms with E-state index in [1.807, 2.05) is 18.2 Å². The zero-order chi connectivity index (χ0) is 13.2. The number of nitrogens with zero attached hydrogens (tertiary/aromatic N) is 3. The summed E-state index contributed by atoms with van der Waals surface area (Å²) in [5.74, 6) is 0. The fraction of sp³-hybridized carbons (Fsp3) is 0. The molecule has 94 valence electrons. The standard InChI is InChI=1S/C13H10N4O2/c18-17(19)13-7-10(11-8-14-15-9-11)3-4-12(13)16-5-1-2-6-16/h1-9H,(H,14,15). The van der Waals surface area contributed by atoms with Crippen LogP contribution in [0, 0.1) is 10.1 Å². The number of nitro benzene ring substituents is 1. The van der Waals surface area contributed by atoms with Crippen molar-refractivity contribution in [3.63, 3.8) is 0 Å². The SMILES string of the molecule is O=[N+]([O-])c1cc(-c2cn[nH]c2)ccc1-n1cccc1. The van der Waals surface area contributed by atoms with Gasteiger partial charge in [0.15, 0.2) is 0 Å². The van der Waals surface area contributed by atoms with Crippen LogP contribution in [0.2, 0.25) is 0 Å². The molecule has 0 amide bonds. The van der Waals surface area contributed by atoms with Gasteiger partial charge in [-0.15, -0.1) is 0 Å². The third kappa shape index (κ3) is 1.99. The zero-order valence-electron chi connectivity index (χ0n) is 9.85. The van der Waals surface area contributed by atoms with Crippen LogP contribution >= 0.6 is 0 Å². The predicted octanol–water partition coefficient (Wildman–Crippen LogP) is 2.78. The summed E-state index contributed by atoms with van der Waals surface area (Å²) in [7, 11) is 0. The Kier molecular flexibility index (Phi) is 2.60. The summed E-state index contributed by atoms with van der Waals surface area (Å²) in [6, 6.07) is 8.79. The van der Waals surface area contributed by atoms with E-state index >= 15 is 0 Å². The molecule has 0 radical (unpaired) electrons. The monoisotopic (exact) mass is 254 g/mol. The van der Waals surface area contributed by atoms with Gasteiger partial charge in [-0.1, -0.05) is 6.07 Å². The van der Waals surface area contributed by atoms with Gasteiger partial charge in [-0.2, -0.15) is 5.10 Å². The number of aromatic nitrogens is 3. The highest BCUT2D eigenvalue weighted by molar-refractivity contribution is 5.69. The lowest BCUT2D eigenvalue weighted by Gasteiger charge is -2.06. The molecule has 1 N–H and O–H groups in total. The Hall–Kier alpha value is -2.89. The summed E-state index contributed by atoms with van der Waals surface area (Å²) < 4.78 is 1.72. The van der Waals surface area contributed by atoms with Crippen LogP contribution in [0.3, 0.4) is 0 Å². The van der Waals surface area contributed by atoms with E-state index in [-0.39, 0.29) is 10.6 Å². The number of nitro groups is 1. The molecule has 6 nitrogen and oxygen atoms in total. The predicted molar refractivity (Wildman–Crippen MR) is 70.0 cm³/mol. The fourth-order valence-electron chi connectivity index (χ4n) is 1.97. The molecule has 0 unspecified atom stereocenters. The first-order valence-electron chi connectivity index (χ1n) is 5.66. The molecule has 0 bridgehead atoms. The highest BCUT2D eigenvalue weighted by Crippen LogP contribution is 2.29. The average molecular weight is 254 g/mol. The van der Waals surface area contributed by atoms with Crippen molar-refractivity contribution in [1.29, 1.82) is 0 Å². The molecule has 0 fully saturated rings. The lowest BCUT2D eigenvalue weighted by Crippen LogP contribution is -1.98. The maximum atomic E-state index is 11.2. The maximum Gasteiger partial charge on any atom is 0.293 e. The van der Waals surface area contributed by atoms with Crippen molar-refractivity contribution in [2.45, 2.75) is 0 Å². The van der Waals surface area contributed by atoms with Gasteiger partial charge in [0.05, 0.1) is 11.1 Å². The molecular weight excluding hydrogens is 244 g/mol. The zero-order valence-corrected chi connectivity index (χ0v) is 9.85. The second-order valence-corrected chi connectivity index (χ2v) is 4.04. The van der Waals surface area contributed by atoms with Gasteiger partial charge in [-0.05, 0) is 23.8 Å². The minimum Gasteiger partial charge on any atom is -0.318 e. The third-order valence-electron chi connectivity index (χ3n) is 2.89. The Labute approximate surface area is 108 Å². The van der Waals surface area contributed by atoms with Crippen molar-refractivity contribution < 1.29 is 4.92 Å². The molecule has 3 rings (SSSR count). The van der Waals surface area contributed by atoms with Gasteiger partial charge in [0, 0.05) is 30.2 Å². The summed E-state index contributed by atoms with van der Waals surface area (Å²) in [4.78, 5) is 10.8. The molecular formula is C13H10N4O2. The van der Waals surface area contributed by atoms with E-state index in [9.17, 15) is 10.1 Å². The average Bonchev–Trinajstić information content (AvgIpc) is 3.11. The normalized spacial score (nSPS) is 10.5. The van der Waals surface area contributed by atoms with E-state index in [1.165, 1.54) is 0 Å². The van der Waals surface area contributed by atoms with Crippen LogP contribution in [0.4, 0.5) is 5.69 Å². The third-order valence-corrected chi connectivity index (χ3v) is 2.89. The second-order valence-electron chi connectivity index (χ2n) is 4.04. The van der Waals surface area contributed by atoms with E-state index in [2.05, 4.69) is 10.2 Å². The van der Waals surface area contributed by atoms with Crippen molar-refractivity contribution in [2.24, 2.45) is 0 Å². The Bertz CT molecular complexity index is 702. The van der Waals surface area contributed by atoms with Crippen molar-refractivity contribution in [1.82, 2.24) is 14.8 Å². The summed E-state index contributed by atoms with van der Waals surface area (Å²) in [6.07, 6.45) is 6.89. The topological polar surface area (TPSA) is 76.8 Å². The quantitative estimate of drug-likeness (QED) is 0.576. The minimum atomic E-state index is -0.376. The highest BCUT2D eigenvalue weighted by atomic mass is 16.6. The van der Waals surface area contributed by atoms with Gasteiger partial charge in [0.1, 0.15) is 5.69 Å². The molecule has 0 spiro atoms. The molecule has 1 aromatic carbocycles. The molecule has 0 aliphatic carbocycles. The number of benzene rings is 1. The van der Waals surface area contributed by atoms with E-state index in [4.69, 9.17) is 0 Å². The molecule has 19 heavy (non-hydrogen) atoms. The number of nitrogens with one attached hydrogen (secondary N) is 1. The first-order valence-corrected chi connectivity index (χ1v) is 5.66. The van der Waals surface area contributed by atoms with Crippen LogP contribution in [0.1, 0.15) is 0 Å². The number of hydrogen-bond acceptors (Lipinski definition) is 3. The van der Waals surface area contributed by atoms with Crippen molar-refractivity contribution in [2.75, 3.05) is 0 Å². The smallest absolute Gasteiger partial charge is 0.293 e. The molecule has 0 aliphatic heterocycles. The van der Waals surface area contributed by atoms with E-state index in [0.29, 0.717) is 5.69 Å². The van der Waals surface area contributed by atoms with Crippen molar-refractivity contribution >= 4 is 5.69 Å². The number of hydrogen-bond donors (Lipinski definition) is 1. The molecule has 0 aliphatic rings. The van der Waals surface area contributed by atoms with Gasteiger partial charge < -0.3 is 4.57 Å². The molecule has 2 aromatic heterocycles. The van der Waals surface area contributed by atoms with Gasteiger partial charge in [0.2, 0.25) is 0 Å². The van der Waals surface area contributed by atoms with Crippen LogP contribution in [-0.4, -0.2) is 19.7 Å². The maximum absolute atomic E-state index is 11.2. The Morgan fingerprint density at radius 3 is 2.63 bits per heavy atom. The summed E-state index contributed by atoms with van der Waals surface area (Å²) >= 11 is 0. The summed E-state index contributed by atoms with van der Waals surface area (Å²) in [5, 5.41) is 17.7. The Morgan fingerprint density at radius 1 is 1.21 bits per heavy atom. The number of H-pyrrole nitrogens is 1. The van der Waals surface area contributed by atoms with Crippen LogP contribution in [0.25, 0.3) is 16.8 Å². The van der Waals surface area contributed by atoms with Crippen molar-refractivity contribution in [3.05, 3.63) is 65.2 Å². The summed E-state index contributed by atoms with van der Waals surface area (Å²) in [5.41, 5.74) is 2.19. The van der Waals surface area contributed by atoms with Crippen LogP contribution in [-0.2, 0) is 0 Å². The van der Waals surface area contributed by atoms with Gasteiger partial charge in [-0.3, -0.25) is 15.2 Å². The second kappa shape index (κ2) is 4.41. The van der Waals surface area contributed by atoms with Crippen LogP contribution < -0.4 is 0 Å².